The summed E-state index contributed by atoms with van der Waals surface area (Å²) in [6, 6.07) is 14.3. The SMILES string of the molecule is COCCNC(=O)CC1=CSC2=NC(C)=C(C(=O)OCc3ccccc3)[C@@H](c3ccc(OC)cc3OC)N12. The average Bonchev–Trinajstić information content (AvgIpc) is 3.32. The molecule has 2 aliphatic rings. The van der Waals surface area contributed by atoms with E-state index in [-0.39, 0.29) is 18.9 Å². The van der Waals surface area contributed by atoms with Crippen LogP contribution in [-0.4, -0.2) is 56.4 Å². The quantitative estimate of drug-likeness (QED) is 0.337. The molecule has 200 valence electrons. The van der Waals surface area contributed by atoms with Crippen molar-refractivity contribution >= 4 is 28.8 Å². The molecule has 4 rings (SSSR count). The lowest BCUT2D eigenvalue weighted by Gasteiger charge is -2.36. The molecule has 0 radical (unpaired) electrons. The molecule has 10 heteroatoms. The fraction of sp³-hybridized carbons (Fsp3) is 0.321. The van der Waals surface area contributed by atoms with Crippen LogP contribution in [0.25, 0.3) is 0 Å². The first-order valence-corrected chi connectivity index (χ1v) is 13.0. The zero-order valence-electron chi connectivity index (χ0n) is 21.9. The lowest BCUT2D eigenvalue weighted by Crippen LogP contribution is -2.38. The lowest BCUT2D eigenvalue weighted by molar-refractivity contribution is -0.141. The number of allylic oxidation sites excluding steroid dienone is 1. The number of thioether (sulfide) groups is 1. The summed E-state index contributed by atoms with van der Waals surface area (Å²) in [6.45, 7) is 2.74. The second-order valence-electron chi connectivity index (χ2n) is 8.58. The van der Waals surface area contributed by atoms with Gasteiger partial charge in [-0.25, -0.2) is 9.79 Å². The van der Waals surface area contributed by atoms with E-state index in [1.807, 2.05) is 52.8 Å². The van der Waals surface area contributed by atoms with Crippen LogP contribution in [0.15, 0.2) is 75.9 Å². The molecular weight excluding hydrogens is 506 g/mol. The van der Waals surface area contributed by atoms with Gasteiger partial charge in [0.2, 0.25) is 5.91 Å². The predicted octanol–water partition coefficient (Wildman–Crippen LogP) is 4.17. The Labute approximate surface area is 226 Å². The molecule has 0 fully saturated rings. The fourth-order valence-electron chi connectivity index (χ4n) is 4.29. The van der Waals surface area contributed by atoms with Gasteiger partial charge in [-0.05, 0) is 30.0 Å². The van der Waals surface area contributed by atoms with Crippen molar-refractivity contribution in [3.8, 4) is 11.5 Å². The van der Waals surface area contributed by atoms with E-state index in [1.165, 1.54) is 11.8 Å². The Morgan fingerprint density at radius 2 is 1.87 bits per heavy atom. The number of hydrogen-bond acceptors (Lipinski definition) is 9. The standard InChI is InChI=1S/C28H31N3O6S/c1-18-25(27(33)37-16-19-8-6-5-7-9-19)26(22-11-10-21(35-3)15-23(22)36-4)31-20(17-38-28(31)30-18)14-24(32)29-12-13-34-2/h5-11,15,17,26H,12-14,16H2,1-4H3,(H,29,32)/t26-/m1/s1. The highest BCUT2D eigenvalue weighted by molar-refractivity contribution is 8.16. The average molecular weight is 538 g/mol. The van der Waals surface area contributed by atoms with E-state index < -0.39 is 12.0 Å². The van der Waals surface area contributed by atoms with Crippen molar-refractivity contribution in [3.63, 3.8) is 0 Å². The Bertz CT molecular complexity index is 1270. The number of nitrogens with zero attached hydrogens (tertiary/aromatic N) is 2. The summed E-state index contributed by atoms with van der Waals surface area (Å²) in [7, 11) is 4.73. The molecule has 0 aromatic heterocycles. The molecule has 38 heavy (non-hydrogen) atoms. The molecule has 0 aliphatic carbocycles. The largest absolute Gasteiger partial charge is 0.497 e. The highest BCUT2D eigenvalue weighted by atomic mass is 32.2. The molecule has 1 amide bonds. The molecule has 2 aromatic carbocycles. The van der Waals surface area contributed by atoms with Gasteiger partial charge < -0.3 is 29.2 Å². The van der Waals surface area contributed by atoms with Crippen LogP contribution in [0.4, 0.5) is 0 Å². The third-order valence-corrected chi connectivity index (χ3v) is 7.03. The summed E-state index contributed by atoms with van der Waals surface area (Å²) in [4.78, 5) is 33.0. The molecule has 1 N–H and O–H groups in total. The van der Waals surface area contributed by atoms with Crippen molar-refractivity contribution in [2.45, 2.75) is 26.0 Å². The molecule has 2 aliphatic heterocycles. The lowest BCUT2D eigenvalue weighted by atomic mass is 9.93. The number of amidine groups is 1. The second kappa shape index (κ2) is 12.7. The van der Waals surface area contributed by atoms with Crippen LogP contribution < -0.4 is 14.8 Å². The normalized spacial score (nSPS) is 16.4. The number of rotatable bonds is 11. The monoisotopic (exact) mass is 537 g/mol. The van der Waals surface area contributed by atoms with Gasteiger partial charge in [0.05, 0.1) is 44.6 Å². The third-order valence-electron chi connectivity index (χ3n) is 6.14. The molecule has 0 bridgehead atoms. The van der Waals surface area contributed by atoms with Crippen LogP contribution in [0.2, 0.25) is 0 Å². The van der Waals surface area contributed by atoms with Crippen molar-refractivity contribution in [1.82, 2.24) is 10.2 Å². The first-order valence-electron chi connectivity index (χ1n) is 12.1. The molecule has 1 atom stereocenters. The van der Waals surface area contributed by atoms with E-state index in [9.17, 15) is 9.59 Å². The van der Waals surface area contributed by atoms with Crippen molar-refractivity contribution < 1.29 is 28.5 Å². The van der Waals surface area contributed by atoms with Gasteiger partial charge in [-0.15, -0.1) is 0 Å². The highest BCUT2D eigenvalue weighted by Crippen LogP contribution is 2.47. The van der Waals surface area contributed by atoms with E-state index in [4.69, 9.17) is 23.9 Å². The van der Waals surface area contributed by atoms with Gasteiger partial charge in [-0.3, -0.25) is 4.79 Å². The minimum Gasteiger partial charge on any atom is -0.497 e. The van der Waals surface area contributed by atoms with Gasteiger partial charge >= 0.3 is 5.97 Å². The predicted molar refractivity (Wildman–Crippen MR) is 146 cm³/mol. The van der Waals surface area contributed by atoms with Crippen LogP contribution in [0.3, 0.4) is 0 Å². The first-order chi connectivity index (χ1) is 18.5. The van der Waals surface area contributed by atoms with E-state index >= 15 is 0 Å². The number of aliphatic imine (C=N–C) groups is 1. The molecule has 2 heterocycles. The minimum atomic E-state index is -0.625. The van der Waals surface area contributed by atoms with Crippen molar-refractivity contribution in [3.05, 3.63) is 82.0 Å². The first kappa shape index (κ1) is 27.3. The van der Waals surface area contributed by atoms with Gasteiger partial charge in [0, 0.05) is 31.0 Å². The van der Waals surface area contributed by atoms with Gasteiger partial charge in [0.15, 0.2) is 5.17 Å². The number of methoxy groups -OCH3 is 3. The summed E-state index contributed by atoms with van der Waals surface area (Å²) >= 11 is 1.41. The Balaban J connectivity index is 1.71. The number of nitrogens with one attached hydrogen (secondary N) is 1. The second-order valence-corrected chi connectivity index (χ2v) is 9.42. The maximum atomic E-state index is 13.6. The summed E-state index contributed by atoms with van der Waals surface area (Å²) in [6.07, 6.45) is 0.107. The smallest absolute Gasteiger partial charge is 0.338 e. The highest BCUT2D eigenvalue weighted by Gasteiger charge is 2.42. The van der Waals surface area contributed by atoms with Crippen LogP contribution in [0.5, 0.6) is 11.5 Å². The van der Waals surface area contributed by atoms with Gasteiger partial charge in [0.25, 0.3) is 0 Å². The number of fused-ring (bicyclic) bond motifs is 1. The summed E-state index contributed by atoms with van der Waals surface area (Å²) in [5.74, 6) is 0.513. The number of ether oxygens (including phenoxy) is 4. The third kappa shape index (κ3) is 6.03. The summed E-state index contributed by atoms with van der Waals surface area (Å²) in [5, 5.41) is 5.42. The van der Waals surface area contributed by atoms with Crippen LogP contribution in [0.1, 0.15) is 30.5 Å². The molecule has 2 aromatic rings. The number of amides is 1. The zero-order chi connectivity index (χ0) is 27.1. The zero-order valence-corrected chi connectivity index (χ0v) is 22.7. The van der Waals surface area contributed by atoms with E-state index in [2.05, 4.69) is 5.32 Å². The van der Waals surface area contributed by atoms with Crippen LogP contribution >= 0.6 is 11.8 Å². The van der Waals surface area contributed by atoms with Crippen LogP contribution in [-0.2, 0) is 25.7 Å². The van der Waals surface area contributed by atoms with Gasteiger partial charge in [-0.2, -0.15) is 0 Å². The molecule has 0 unspecified atom stereocenters. The van der Waals surface area contributed by atoms with Crippen molar-refractivity contribution in [2.24, 2.45) is 4.99 Å². The molecular formula is C28H31N3O6S. The Kier molecular flexibility index (Phi) is 9.09. The van der Waals surface area contributed by atoms with Crippen molar-refractivity contribution in [1.29, 1.82) is 0 Å². The number of carbonyl (C=O) groups is 2. The van der Waals surface area contributed by atoms with Crippen molar-refractivity contribution in [2.75, 3.05) is 34.5 Å². The maximum Gasteiger partial charge on any atom is 0.338 e. The molecule has 9 nitrogen and oxygen atoms in total. The van der Waals surface area contributed by atoms with E-state index in [1.54, 1.807) is 34.3 Å². The topological polar surface area (TPSA) is 98.7 Å². The summed E-state index contributed by atoms with van der Waals surface area (Å²) < 4.78 is 21.9. The Hall–Kier alpha value is -3.76. The minimum absolute atomic E-state index is 0.107. The number of benzene rings is 2. The number of hydrogen-bond donors (Lipinski definition) is 1. The Morgan fingerprint density at radius 3 is 2.58 bits per heavy atom. The summed E-state index contributed by atoms with van der Waals surface area (Å²) in [5.41, 5.74) is 3.24. The van der Waals surface area contributed by atoms with Gasteiger partial charge in [-0.1, -0.05) is 42.1 Å². The van der Waals surface area contributed by atoms with Crippen LogP contribution in [0, 0.1) is 0 Å². The Morgan fingerprint density at radius 1 is 1.08 bits per heavy atom. The van der Waals surface area contributed by atoms with E-state index in [0.717, 1.165) is 11.1 Å². The fourth-order valence-corrected chi connectivity index (χ4v) is 5.25. The van der Waals surface area contributed by atoms with Gasteiger partial charge in [0.1, 0.15) is 18.1 Å². The molecule has 0 saturated carbocycles. The molecule has 0 saturated heterocycles. The number of carbonyl (C=O) groups excluding carboxylic acids is 2. The molecule has 0 spiro atoms. The van der Waals surface area contributed by atoms with E-state index in [0.29, 0.717) is 46.8 Å². The number of esters is 1. The maximum absolute atomic E-state index is 13.6.